The van der Waals surface area contributed by atoms with E-state index in [1.807, 2.05) is 17.5 Å². The summed E-state index contributed by atoms with van der Waals surface area (Å²) in [5, 5.41) is 8.99. The van der Waals surface area contributed by atoms with Gasteiger partial charge in [0.1, 0.15) is 0 Å². The van der Waals surface area contributed by atoms with Crippen molar-refractivity contribution in [3.63, 3.8) is 0 Å². The number of aryl methyl sites for hydroxylation is 2. The van der Waals surface area contributed by atoms with E-state index in [0.29, 0.717) is 24.0 Å². The number of rotatable bonds is 10. The Morgan fingerprint density at radius 1 is 1.19 bits per heavy atom. The quantitative estimate of drug-likeness (QED) is 0.393. The van der Waals surface area contributed by atoms with Crippen LogP contribution in [-0.2, 0) is 11.2 Å². The smallest absolute Gasteiger partial charge is 0.230 e. The molecule has 0 spiro atoms. The van der Waals surface area contributed by atoms with Gasteiger partial charge in [-0.2, -0.15) is 4.98 Å². The van der Waals surface area contributed by atoms with Crippen molar-refractivity contribution in [1.29, 1.82) is 0 Å². The predicted molar refractivity (Wildman–Crippen MR) is 110 cm³/mol. The van der Waals surface area contributed by atoms with Gasteiger partial charge in [-0.1, -0.05) is 35.3 Å². The number of hydrogen-bond donors (Lipinski definition) is 1. The van der Waals surface area contributed by atoms with Gasteiger partial charge in [0.2, 0.25) is 17.6 Å². The lowest BCUT2D eigenvalue weighted by Crippen LogP contribution is -2.26. The zero-order valence-corrected chi connectivity index (χ0v) is 16.9. The highest BCUT2D eigenvalue weighted by Crippen LogP contribution is 2.21. The molecule has 0 atom stereocenters. The second kappa shape index (κ2) is 10.3. The van der Waals surface area contributed by atoms with Gasteiger partial charge >= 0.3 is 0 Å². The summed E-state index contributed by atoms with van der Waals surface area (Å²) in [6.45, 7) is 2.76. The molecule has 3 rings (SSSR count). The number of thiophene rings is 1. The van der Waals surface area contributed by atoms with E-state index < -0.39 is 0 Å². The molecular weight excluding hydrogens is 378 g/mol. The number of unbranched alkanes of at least 4 members (excludes halogenated alkanes) is 2. The van der Waals surface area contributed by atoms with E-state index in [2.05, 4.69) is 46.6 Å². The molecule has 0 aliphatic heterocycles. The normalized spacial score (nSPS) is 10.9. The molecule has 7 heteroatoms. The molecule has 2 aromatic heterocycles. The average Bonchev–Trinajstić information content (AvgIpc) is 3.35. The molecule has 0 saturated carbocycles. The summed E-state index contributed by atoms with van der Waals surface area (Å²) in [4.78, 5) is 18.5. The van der Waals surface area contributed by atoms with E-state index in [1.54, 1.807) is 23.1 Å². The van der Waals surface area contributed by atoms with Crippen molar-refractivity contribution >= 4 is 29.0 Å². The van der Waals surface area contributed by atoms with Crippen LogP contribution in [0.2, 0.25) is 0 Å². The van der Waals surface area contributed by atoms with Gasteiger partial charge in [0, 0.05) is 17.9 Å². The second-order valence-electron chi connectivity index (χ2n) is 6.25. The summed E-state index contributed by atoms with van der Waals surface area (Å²) in [5.41, 5.74) is 1.23. The van der Waals surface area contributed by atoms with E-state index in [4.69, 9.17) is 4.52 Å². The highest BCUT2D eigenvalue weighted by atomic mass is 32.2. The Morgan fingerprint density at radius 2 is 2.04 bits per heavy atom. The summed E-state index contributed by atoms with van der Waals surface area (Å²) >= 11 is 3.17. The van der Waals surface area contributed by atoms with Gasteiger partial charge in [0.25, 0.3) is 0 Å². The molecule has 0 aliphatic rings. The molecule has 1 aromatic carbocycles. The minimum Gasteiger partial charge on any atom is -0.355 e. The molecule has 0 bridgehead atoms. The summed E-state index contributed by atoms with van der Waals surface area (Å²) in [6, 6.07) is 12.2. The predicted octanol–water partition coefficient (Wildman–Crippen LogP) is 4.73. The van der Waals surface area contributed by atoms with Gasteiger partial charge in [0.15, 0.2) is 0 Å². The highest BCUT2D eigenvalue weighted by Gasteiger charge is 2.09. The SMILES string of the molecule is Cc1ccc(SCC(=O)NCCCCCc2nc(-c3cccs3)no2)cc1. The number of hydrogen-bond acceptors (Lipinski definition) is 6. The Morgan fingerprint density at radius 3 is 2.81 bits per heavy atom. The van der Waals surface area contributed by atoms with Crippen LogP contribution in [-0.4, -0.2) is 28.3 Å². The van der Waals surface area contributed by atoms with Crippen LogP contribution in [0, 0.1) is 6.92 Å². The summed E-state index contributed by atoms with van der Waals surface area (Å²) < 4.78 is 5.29. The first-order valence-electron chi connectivity index (χ1n) is 9.03. The Labute approximate surface area is 167 Å². The molecule has 3 aromatic rings. The molecular formula is C20H23N3O2S2. The van der Waals surface area contributed by atoms with Gasteiger partial charge in [-0.15, -0.1) is 23.1 Å². The summed E-state index contributed by atoms with van der Waals surface area (Å²) in [7, 11) is 0. The summed E-state index contributed by atoms with van der Waals surface area (Å²) in [6.07, 6.45) is 3.71. The lowest BCUT2D eigenvalue weighted by molar-refractivity contribution is -0.118. The van der Waals surface area contributed by atoms with Crippen LogP contribution in [0.5, 0.6) is 0 Å². The maximum Gasteiger partial charge on any atom is 0.230 e. The van der Waals surface area contributed by atoms with E-state index in [1.165, 1.54) is 5.56 Å². The molecule has 1 amide bonds. The topological polar surface area (TPSA) is 68.0 Å². The maximum absolute atomic E-state index is 11.9. The number of benzene rings is 1. The van der Waals surface area contributed by atoms with Crippen LogP contribution in [0.3, 0.4) is 0 Å². The van der Waals surface area contributed by atoms with Crippen molar-refractivity contribution in [3.05, 3.63) is 53.2 Å². The third-order valence-corrected chi connectivity index (χ3v) is 5.87. The first kappa shape index (κ1) is 19.6. The molecule has 0 fully saturated rings. The highest BCUT2D eigenvalue weighted by molar-refractivity contribution is 8.00. The van der Waals surface area contributed by atoms with Gasteiger partial charge in [-0.3, -0.25) is 4.79 Å². The molecule has 142 valence electrons. The number of aromatic nitrogens is 2. The average molecular weight is 402 g/mol. The van der Waals surface area contributed by atoms with Gasteiger partial charge in [-0.05, 0) is 43.3 Å². The molecule has 5 nitrogen and oxygen atoms in total. The third kappa shape index (κ3) is 6.52. The number of nitrogens with one attached hydrogen (secondary N) is 1. The zero-order chi connectivity index (χ0) is 18.9. The molecule has 0 unspecified atom stereocenters. The lowest BCUT2D eigenvalue weighted by Gasteiger charge is -2.05. The van der Waals surface area contributed by atoms with Crippen molar-refractivity contribution < 1.29 is 9.32 Å². The van der Waals surface area contributed by atoms with Crippen molar-refractivity contribution in [2.45, 2.75) is 37.5 Å². The molecule has 0 radical (unpaired) electrons. The van der Waals surface area contributed by atoms with Crippen LogP contribution in [0.4, 0.5) is 0 Å². The van der Waals surface area contributed by atoms with Crippen LogP contribution >= 0.6 is 23.1 Å². The first-order chi connectivity index (χ1) is 13.2. The number of carbonyl (C=O) groups is 1. The molecule has 1 N–H and O–H groups in total. The van der Waals surface area contributed by atoms with E-state index in [-0.39, 0.29) is 5.91 Å². The van der Waals surface area contributed by atoms with Crippen molar-refractivity contribution in [1.82, 2.24) is 15.5 Å². The van der Waals surface area contributed by atoms with Gasteiger partial charge in [0.05, 0.1) is 10.6 Å². The Kier molecular flexibility index (Phi) is 7.47. The number of thioether (sulfide) groups is 1. The second-order valence-corrected chi connectivity index (χ2v) is 8.25. The first-order valence-corrected chi connectivity index (χ1v) is 10.9. The minimum atomic E-state index is 0.0815. The molecule has 0 saturated heterocycles. The number of carbonyl (C=O) groups excluding carboxylic acids is 1. The largest absolute Gasteiger partial charge is 0.355 e. The Balaban J connectivity index is 1.25. The van der Waals surface area contributed by atoms with Crippen LogP contribution in [0.15, 0.2) is 51.2 Å². The Hall–Kier alpha value is -2.12. The molecule has 0 aliphatic carbocycles. The lowest BCUT2D eigenvalue weighted by atomic mass is 10.2. The molecule has 2 heterocycles. The van der Waals surface area contributed by atoms with Crippen molar-refractivity contribution in [3.8, 4) is 10.7 Å². The fourth-order valence-electron chi connectivity index (χ4n) is 2.50. The summed E-state index contributed by atoms with van der Waals surface area (Å²) in [5.74, 6) is 1.88. The fraction of sp³-hybridized carbons (Fsp3) is 0.350. The maximum atomic E-state index is 11.9. The van der Waals surface area contributed by atoms with Crippen molar-refractivity contribution in [2.75, 3.05) is 12.3 Å². The van der Waals surface area contributed by atoms with E-state index >= 15 is 0 Å². The van der Waals surface area contributed by atoms with Crippen LogP contribution in [0.1, 0.15) is 30.7 Å². The number of amides is 1. The Bertz CT molecular complexity index is 829. The van der Waals surface area contributed by atoms with Gasteiger partial charge in [-0.25, -0.2) is 0 Å². The van der Waals surface area contributed by atoms with E-state index in [9.17, 15) is 4.79 Å². The standard InChI is InChI=1S/C20H23N3O2S2/c1-15-8-10-16(11-9-15)27-14-18(24)21-12-4-2-3-7-19-22-20(23-25-19)17-6-5-13-26-17/h5-6,8-11,13H,2-4,7,12,14H2,1H3,(H,21,24). The van der Waals surface area contributed by atoms with Crippen LogP contribution in [0.25, 0.3) is 10.7 Å². The zero-order valence-electron chi connectivity index (χ0n) is 15.3. The third-order valence-electron chi connectivity index (χ3n) is 3.99. The van der Waals surface area contributed by atoms with Crippen LogP contribution < -0.4 is 5.32 Å². The molecule has 27 heavy (non-hydrogen) atoms. The number of nitrogens with zero attached hydrogens (tertiary/aromatic N) is 2. The van der Waals surface area contributed by atoms with E-state index in [0.717, 1.165) is 35.5 Å². The van der Waals surface area contributed by atoms with Crippen molar-refractivity contribution in [2.24, 2.45) is 0 Å². The minimum absolute atomic E-state index is 0.0815. The fourth-order valence-corrected chi connectivity index (χ4v) is 3.88. The monoisotopic (exact) mass is 401 g/mol. The van der Waals surface area contributed by atoms with Gasteiger partial charge < -0.3 is 9.84 Å².